The molecular weight excluding hydrogens is 590 g/mol. The molecule has 3 amide bonds. The topological polar surface area (TPSA) is 119 Å². The number of hydrogen-bond donors (Lipinski definition) is 2. The molecule has 0 saturated carbocycles. The zero-order valence-corrected chi connectivity index (χ0v) is 26.5. The van der Waals surface area contributed by atoms with Crippen molar-refractivity contribution in [2.75, 3.05) is 0 Å². The van der Waals surface area contributed by atoms with Gasteiger partial charge in [-0.3, -0.25) is 9.59 Å². The number of nitrogens with one attached hydrogen (secondary N) is 2. The third kappa shape index (κ3) is 8.21. The average molecular weight is 629 g/mol. The van der Waals surface area contributed by atoms with Crippen LogP contribution in [0.5, 0.6) is 0 Å². The number of benzene rings is 5. The van der Waals surface area contributed by atoms with Gasteiger partial charge in [0, 0.05) is 13.0 Å². The first-order valence-electron chi connectivity index (χ1n) is 15.8. The lowest BCUT2D eigenvalue weighted by Crippen LogP contribution is -2.56. The molecule has 3 atom stereocenters. The number of hydrogen-bond acceptors (Lipinski definition) is 5. The van der Waals surface area contributed by atoms with Gasteiger partial charge in [-0.2, -0.15) is 0 Å². The number of carbonyl (C=O) groups is 4. The van der Waals surface area contributed by atoms with Gasteiger partial charge in [0.25, 0.3) is 0 Å². The minimum atomic E-state index is -1.51. The molecule has 8 heteroatoms. The summed E-state index contributed by atoms with van der Waals surface area (Å²) in [4.78, 5) is 54.0. The van der Waals surface area contributed by atoms with Crippen molar-refractivity contribution in [2.45, 2.75) is 51.4 Å². The van der Waals surface area contributed by atoms with Gasteiger partial charge in [-0.1, -0.05) is 129 Å². The summed E-state index contributed by atoms with van der Waals surface area (Å²) >= 11 is 0. The SMILES string of the molecule is CC(C)C[C@@H](C=O)NC(=O)[C@@H](NC(=O)[C@H](Cc1ccc2ccccc2c1)N(Cc1ccccc1)C(=O)[O-])c1cccc2ccccc12. The van der Waals surface area contributed by atoms with Crippen LogP contribution in [-0.2, 0) is 27.3 Å². The highest BCUT2D eigenvalue weighted by molar-refractivity contribution is 5.97. The Morgan fingerprint density at radius 3 is 2.09 bits per heavy atom. The Labute approximate surface area is 274 Å². The molecule has 0 spiro atoms. The van der Waals surface area contributed by atoms with E-state index in [-0.39, 0.29) is 18.9 Å². The number of fused-ring (bicyclic) bond motifs is 2. The summed E-state index contributed by atoms with van der Waals surface area (Å²) in [7, 11) is 0. The van der Waals surface area contributed by atoms with E-state index < -0.39 is 36.0 Å². The van der Waals surface area contributed by atoms with Crippen LogP contribution in [0.4, 0.5) is 4.79 Å². The van der Waals surface area contributed by atoms with Crippen LogP contribution in [0.15, 0.2) is 115 Å². The van der Waals surface area contributed by atoms with Crippen LogP contribution in [0.25, 0.3) is 21.5 Å². The van der Waals surface area contributed by atoms with Gasteiger partial charge in [0.2, 0.25) is 11.8 Å². The van der Waals surface area contributed by atoms with Crippen molar-refractivity contribution in [1.82, 2.24) is 15.5 Å². The van der Waals surface area contributed by atoms with E-state index in [1.807, 2.05) is 92.7 Å². The van der Waals surface area contributed by atoms with Gasteiger partial charge in [0.05, 0.1) is 6.04 Å². The number of carbonyl (C=O) groups excluding carboxylic acids is 4. The van der Waals surface area contributed by atoms with Gasteiger partial charge >= 0.3 is 0 Å². The molecule has 8 nitrogen and oxygen atoms in total. The van der Waals surface area contributed by atoms with Crippen LogP contribution in [0.1, 0.15) is 43.0 Å². The Kier molecular flexibility index (Phi) is 10.6. The first-order chi connectivity index (χ1) is 22.7. The van der Waals surface area contributed by atoms with Crippen molar-refractivity contribution in [3.8, 4) is 0 Å². The number of rotatable bonds is 13. The van der Waals surface area contributed by atoms with Gasteiger partial charge < -0.3 is 30.2 Å². The first kappa shape index (κ1) is 32.9. The van der Waals surface area contributed by atoms with Crippen molar-refractivity contribution in [2.24, 2.45) is 5.92 Å². The molecule has 2 N–H and O–H groups in total. The lowest BCUT2D eigenvalue weighted by atomic mass is 9.96. The molecule has 240 valence electrons. The number of nitrogens with zero attached hydrogens (tertiary/aromatic N) is 1. The van der Waals surface area contributed by atoms with E-state index >= 15 is 0 Å². The van der Waals surface area contributed by atoms with Crippen LogP contribution in [0, 0.1) is 5.92 Å². The quantitative estimate of drug-likeness (QED) is 0.171. The summed E-state index contributed by atoms with van der Waals surface area (Å²) in [6.45, 7) is 3.80. The Bertz CT molecular complexity index is 1870. The summed E-state index contributed by atoms with van der Waals surface area (Å²) in [6.07, 6.45) is -0.365. The van der Waals surface area contributed by atoms with Gasteiger partial charge in [0.1, 0.15) is 24.5 Å². The zero-order valence-electron chi connectivity index (χ0n) is 26.5. The molecule has 5 rings (SSSR count). The summed E-state index contributed by atoms with van der Waals surface area (Å²) in [6, 6.07) is 32.2. The summed E-state index contributed by atoms with van der Waals surface area (Å²) < 4.78 is 0. The fraction of sp³-hybridized carbons (Fsp3) is 0.231. The van der Waals surface area contributed by atoms with Crippen molar-refractivity contribution >= 4 is 45.7 Å². The summed E-state index contributed by atoms with van der Waals surface area (Å²) in [5.41, 5.74) is 1.95. The third-order valence-electron chi connectivity index (χ3n) is 8.25. The molecule has 0 aliphatic rings. The van der Waals surface area contributed by atoms with E-state index in [0.29, 0.717) is 23.8 Å². The second kappa shape index (κ2) is 15.2. The summed E-state index contributed by atoms with van der Waals surface area (Å²) in [5.74, 6) is -1.10. The van der Waals surface area contributed by atoms with E-state index in [2.05, 4.69) is 10.6 Å². The van der Waals surface area contributed by atoms with Gasteiger partial charge in [0.15, 0.2) is 0 Å². The lowest BCUT2D eigenvalue weighted by molar-refractivity contribution is -0.268. The van der Waals surface area contributed by atoms with E-state index in [1.54, 1.807) is 36.4 Å². The second-order valence-corrected chi connectivity index (χ2v) is 12.2. The van der Waals surface area contributed by atoms with E-state index in [4.69, 9.17) is 0 Å². The highest BCUT2D eigenvalue weighted by Crippen LogP contribution is 2.26. The zero-order chi connectivity index (χ0) is 33.3. The number of aldehydes is 1. The molecule has 0 saturated heterocycles. The van der Waals surface area contributed by atoms with Crippen molar-refractivity contribution < 1.29 is 24.3 Å². The van der Waals surface area contributed by atoms with Crippen LogP contribution in [-0.4, -0.2) is 41.2 Å². The van der Waals surface area contributed by atoms with Crippen molar-refractivity contribution in [3.05, 3.63) is 132 Å². The smallest absolute Gasteiger partial charge is 0.247 e. The van der Waals surface area contributed by atoms with Crippen LogP contribution >= 0.6 is 0 Å². The third-order valence-corrected chi connectivity index (χ3v) is 8.25. The van der Waals surface area contributed by atoms with E-state index in [1.165, 1.54) is 0 Å². The predicted molar refractivity (Wildman–Crippen MR) is 181 cm³/mol. The maximum absolute atomic E-state index is 14.4. The minimum Gasteiger partial charge on any atom is -0.530 e. The van der Waals surface area contributed by atoms with E-state index in [9.17, 15) is 24.3 Å². The molecule has 0 fully saturated rings. The molecule has 0 radical (unpaired) electrons. The molecule has 0 heterocycles. The fourth-order valence-electron chi connectivity index (χ4n) is 5.96. The van der Waals surface area contributed by atoms with Crippen LogP contribution < -0.4 is 15.7 Å². The molecule has 0 aromatic heterocycles. The lowest BCUT2D eigenvalue weighted by Gasteiger charge is -2.34. The van der Waals surface area contributed by atoms with Gasteiger partial charge in [-0.05, 0) is 50.6 Å². The highest BCUT2D eigenvalue weighted by Gasteiger charge is 2.33. The van der Waals surface area contributed by atoms with Crippen molar-refractivity contribution in [3.63, 3.8) is 0 Å². The van der Waals surface area contributed by atoms with Gasteiger partial charge in [-0.15, -0.1) is 0 Å². The number of carboxylic acid groups (broad SMARTS) is 1. The molecular formula is C39H38N3O5-. The Morgan fingerprint density at radius 1 is 0.723 bits per heavy atom. The van der Waals surface area contributed by atoms with Crippen LogP contribution in [0.3, 0.4) is 0 Å². The van der Waals surface area contributed by atoms with Crippen LogP contribution in [0.2, 0.25) is 0 Å². The minimum absolute atomic E-state index is 0.0334. The predicted octanol–water partition coefficient (Wildman–Crippen LogP) is 5.34. The highest BCUT2D eigenvalue weighted by atomic mass is 16.4. The monoisotopic (exact) mass is 628 g/mol. The first-order valence-corrected chi connectivity index (χ1v) is 15.8. The maximum atomic E-state index is 14.4. The van der Waals surface area contributed by atoms with Gasteiger partial charge in [-0.25, -0.2) is 0 Å². The second-order valence-electron chi connectivity index (χ2n) is 12.2. The molecule has 5 aromatic carbocycles. The largest absolute Gasteiger partial charge is 0.530 e. The Hall–Kier alpha value is -5.50. The number of amides is 3. The summed E-state index contributed by atoms with van der Waals surface area (Å²) in [5, 5.41) is 22.0. The molecule has 0 aliphatic carbocycles. The molecule has 0 unspecified atom stereocenters. The Balaban J connectivity index is 1.55. The Morgan fingerprint density at radius 2 is 1.38 bits per heavy atom. The average Bonchev–Trinajstić information content (AvgIpc) is 3.08. The van der Waals surface area contributed by atoms with E-state index in [0.717, 1.165) is 32.0 Å². The maximum Gasteiger partial charge on any atom is 0.247 e. The fourth-order valence-corrected chi connectivity index (χ4v) is 5.96. The molecule has 5 aromatic rings. The molecule has 47 heavy (non-hydrogen) atoms. The molecule has 0 bridgehead atoms. The normalized spacial score (nSPS) is 13.1. The van der Waals surface area contributed by atoms with Crippen molar-refractivity contribution in [1.29, 1.82) is 0 Å². The molecule has 0 aliphatic heterocycles. The standard InChI is InChI=1S/C39H39N3O5/c1-26(2)21-32(25-43)40-38(45)36(34-18-10-16-30-14-8-9-17-33(30)34)41-37(44)35(42(39(46)47)24-27-11-4-3-5-12-27)23-28-19-20-29-13-6-7-15-31(29)22-28/h3-20,22,25-26,32,35-36H,21,23-24H2,1-2H3,(H,40,45)(H,41,44)(H,46,47)/p-1/t32-,35-,36-/m0/s1.